The molecule has 0 aliphatic carbocycles. The third-order valence-electron chi connectivity index (χ3n) is 4.50. The summed E-state index contributed by atoms with van der Waals surface area (Å²) in [5.74, 6) is 1.43. The minimum absolute atomic E-state index is 0.474. The summed E-state index contributed by atoms with van der Waals surface area (Å²) in [5, 5.41) is 0. The zero-order chi connectivity index (χ0) is 19.2. The second-order valence-corrected chi connectivity index (χ2v) is 8.64. The SMILES string of the molecule is CCOc1cc(C(=S)N2CCCCC2)cc(Br)c1OCc1ccc(Br)cc1. The molecular weight excluding hydrogens is 490 g/mol. The van der Waals surface area contributed by atoms with Gasteiger partial charge in [0, 0.05) is 23.1 Å². The van der Waals surface area contributed by atoms with E-state index in [1.54, 1.807) is 0 Å². The number of hydrogen-bond donors (Lipinski definition) is 0. The fourth-order valence-electron chi connectivity index (χ4n) is 3.11. The van der Waals surface area contributed by atoms with Crippen LogP contribution in [0.4, 0.5) is 0 Å². The molecule has 1 saturated heterocycles. The molecule has 1 fully saturated rings. The van der Waals surface area contributed by atoms with Crippen LogP contribution in [-0.2, 0) is 6.61 Å². The van der Waals surface area contributed by atoms with Gasteiger partial charge in [0.15, 0.2) is 11.5 Å². The molecule has 0 N–H and O–H groups in total. The molecule has 1 aliphatic rings. The van der Waals surface area contributed by atoms with Gasteiger partial charge in [0.25, 0.3) is 0 Å². The zero-order valence-corrected chi connectivity index (χ0v) is 19.3. The van der Waals surface area contributed by atoms with E-state index in [2.05, 4.69) is 36.8 Å². The van der Waals surface area contributed by atoms with E-state index in [0.29, 0.717) is 19.0 Å². The van der Waals surface area contributed by atoms with Crippen LogP contribution in [0.3, 0.4) is 0 Å². The minimum atomic E-state index is 0.474. The molecule has 3 nitrogen and oxygen atoms in total. The molecule has 27 heavy (non-hydrogen) atoms. The van der Waals surface area contributed by atoms with Gasteiger partial charge in [0.2, 0.25) is 0 Å². The van der Waals surface area contributed by atoms with E-state index >= 15 is 0 Å². The number of piperidine rings is 1. The number of halogens is 2. The molecule has 2 aromatic rings. The molecule has 3 rings (SSSR count). The number of hydrogen-bond acceptors (Lipinski definition) is 3. The average molecular weight is 513 g/mol. The second-order valence-electron chi connectivity index (χ2n) is 6.49. The van der Waals surface area contributed by atoms with Crippen LogP contribution in [-0.4, -0.2) is 29.6 Å². The van der Waals surface area contributed by atoms with Crippen molar-refractivity contribution in [3.63, 3.8) is 0 Å². The summed E-state index contributed by atoms with van der Waals surface area (Å²) in [7, 11) is 0. The number of thiocarbonyl (C=S) groups is 1. The smallest absolute Gasteiger partial charge is 0.175 e. The van der Waals surface area contributed by atoms with Gasteiger partial charge in [-0.3, -0.25) is 0 Å². The van der Waals surface area contributed by atoms with Crippen molar-refractivity contribution in [1.29, 1.82) is 0 Å². The van der Waals surface area contributed by atoms with Gasteiger partial charge in [0.05, 0.1) is 11.1 Å². The molecule has 0 radical (unpaired) electrons. The lowest BCUT2D eigenvalue weighted by molar-refractivity contribution is 0.267. The van der Waals surface area contributed by atoms with Gasteiger partial charge in [-0.05, 0) is 71.9 Å². The monoisotopic (exact) mass is 511 g/mol. The van der Waals surface area contributed by atoms with E-state index in [9.17, 15) is 0 Å². The lowest BCUT2D eigenvalue weighted by atomic mass is 10.1. The first-order valence-corrected chi connectivity index (χ1v) is 11.2. The van der Waals surface area contributed by atoms with Crippen LogP contribution in [0, 0.1) is 0 Å². The van der Waals surface area contributed by atoms with Gasteiger partial charge in [-0.1, -0.05) is 40.3 Å². The van der Waals surface area contributed by atoms with Gasteiger partial charge in [0.1, 0.15) is 11.6 Å². The maximum atomic E-state index is 6.08. The molecule has 6 heteroatoms. The highest BCUT2D eigenvalue weighted by atomic mass is 79.9. The van der Waals surface area contributed by atoms with Gasteiger partial charge >= 0.3 is 0 Å². The summed E-state index contributed by atoms with van der Waals surface area (Å²) >= 11 is 12.9. The highest BCUT2D eigenvalue weighted by Gasteiger charge is 2.19. The van der Waals surface area contributed by atoms with Gasteiger partial charge in [-0.15, -0.1) is 0 Å². The summed E-state index contributed by atoms with van der Waals surface area (Å²) in [6, 6.07) is 12.1. The number of rotatable bonds is 6. The molecular formula is C21H23Br2NO2S. The van der Waals surface area contributed by atoms with Crippen LogP contribution in [0.25, 0.3) is 0 Å². The van der Waals surface area contributed by atoms with Crippen LogP contribution in [0.5, 0.6) is 11.5 Å². The number of nitrogens with zero attached hydrogens (tertiary/aromatic N) is 1. The second kappa shape index (κ2) is 9.89. The highest BCUT2D eigenvalue weighted by Crippen LogP contribution is 2.38. The summed E-state index contributed by atoms with van der Waals surface area (Å²) in [4.78, 5) is 3.18. The van der Waals surface area contributed by atoms with Crippen molar-refractivity contribution < 1.29 is 9.47 Å². The van der Waals surface area contributed by atoms with E-state index in [-0.39, 0.29) is 0 Å². The molecule has 2 aromatic carbocycles. The molecule has 0 atom stereocenters. The Hall–Kier alpha value is -1.11. The van der Waals surface area contributed by atoms with Gasteiger partial charge < -0.3 is 14.4 Å². The molecule has 1 aliphatic heterocycles. The van der Waals surface area contributed by atoms with Crippen molar-refractivity contribution in [2.75, 3.05) is 19.7 Å². The molecule has 0 bridgehead atoms. The molecule has 0 saturated carbocycles. The van der Waals surface area contributed by atoms with E-state index in [1.807, 2.05) is 43.3 Å². The van der Waals surface area contributed by atoms with Crippen molar-refractivity contribution >= 4 is 49.1 Å². The third-order valence-corrected chi connectivity index (χ3v) is 6.11. The lowest BCUT2D eigenvalue weighted by Crippen LogP contribution is -2.34. The van der Waals surface area contributed by atoms with Crippen LogP contribution in [0.2, 0.25) is 0 Å². The number of benzene rings is 2. The summed E-state index contributed by atoms with van der Waals surface area (Å²) in [6.45, 7) is 5.08. The van der Waals surface area contributed by atoms with Crippen LogP contribution < -0.4 is 9.47 Å². The Morgan fingerprint density at radius 1 is 1.04 bits per heavy atom. The van der Waals surface area contributed by atoms with Crippen LogP contribution in [0.15, 0.2) is 45.3 Å². The van der Waals surface area contributed by atoms with E-state index in [4.69, 9.17) is 21.7 Å². The topological polar surface area (TPSA) is 21.7 Å². The molecule has 0 unspecified atom stereocenters. The van der Waals surface area contributed by atoms with Crippen LogP contribution >= 0.6 is 44.1 Å². The first-order valence-electron chi connectivity index (χ1n) is 9.21. The zero-order valence-electron chi connectivity index (χ0n) is 15.3. The Balaban J connectivity index is 1.80. The van der Waals surface area contributed by atoms with Gasteiger partial charge in [-0.25, -0.2) is 0 Å². The fraction of sp³-hybridized carbons (Fsp3) is 0.381. The van der Waals surface area contributed by atoms with Crippen molar-refractivity contribution in [2.45, 2.75) is 32.8 Å². The van der Waals surface area contributed by atoms with Crippen LogP contribution in [0.1, 0.15) is 37.3 Å². The first kappa shape index (κ1) is 20.6. The number of ether oxygens (including phenoxy) is 2. The summed E-state index contributed by atoms with van der Waals surface area (Å²) in [6.07, 6.45) is 3.69. The van der Waals surface area contributed by atoms with Crippen molar-refractivity contribution in [2.24, 2.45) is 0 Å². The normalized spacial score (nSPS) is 14.1. The van der Waals surface area contributed by atoms with E-state index in [1.165, 1.54) is 19.3 Å². The van der Waals surface area contributed by atoms with Crippen molar-refractivity contribution in [3.8, 4) is 11.5 Å². The molecule has 0 aromatic heterocycles. The average Bonchev–Trinajstić information content (AvgIpc) is 2.69. The third kappa shape index (κ3) is 5.46. The summed E-state index contributed by atoms with van der Waals surface area (Å²) in [5.41, 5.74) is 2.10. The molecule has 1 heterocycles. The largest absolute Gasteiger partial charge is 0.490 e. The molecule has 144 valence electrons. The van der Waals surface area contributed by atoms with Gasteiger partial charge in [-0.2, -0.15) is 0 Å². The Morgan fingerprint density at radius 2 is 1.74 bits per heavy atom. The van der Waals surface area contributed by atoms with E-state index < -0.39 is 0 Å². The highest BCUT2D eigenvalue weighted by molar-refractivity contribution is 9.10. The number of likely N-dealkylation sites (tertiary alicyclic amines) is 1. The van der Waals surface area contributed by atoms with Crippen molar-refractivity contribution in [3.05, 3.63) is 56.5 Å². The first-order chi connectivity index (χ1) is 13.1. The van der Waals surface area contributed by atoms with E-state index in [0.717, 1.165) is 43.9 Å². The maximum Gasteiger partial charge on any atom is 0.175 e. The summed E-state index contributed by atoms with van der Waals surface area (Å²) < 4.78 is 13.9. The maximum absolute atomic E-state index is 6.08. The Morgan fingerprint density at radius 3 is 2.41 bits per heavy atom. The van der Waals surface area contributed by atoms with Crippen molar-refractivity contribution in [1.82, 2.24) is 4.90 Å². The predicted octanol–water partition coefficient (Wildman–Crippen LogP) is 6.35. The predicted molar refractivity (Wildman–Crippen MR) is 121 cm³/mol. The Bertz CT molecular complexity index is 790. The Labute approximate surface area is 183 Å². The quantitative estimate of drug-likeness (QED) is 0.420. The standard InChI is InChI=1S/C21H23Br2NO2S/c1-2-25-19-13-16(21(27)24-10-4-3-5-11-24)12-18(23)20(19)26-14-15-6-8-17(22)9-7-15/h6-9,12-13H,2-5,10-11,14H2,1H3. The lowest BCUT2D eigenvalue weighted by Gasteiger charge is -2.29. The minimum Gasteiger partial charge on any atom is -0.490 e. The molecule has 0 amide bonds. The fourth-order valence-corrected chi connectivity index (χ4v) is 4.23. The Kier molecular flexibility index (Phi) is 7.56. The molecule has 0 spiro atoms.